The fourth-order valence-corrected chi connectivity index (χ4v) is 7.77. The summed E-state index contributed by atoms with van der Waals surface area (Å²) in [5.74, 6) is -2.04. The molecule has 1 aromatic heterocycles. The number of hydrogen-bond donors (Lipinski definition) is 3. The van der Waals surface area contributed by atoms with E-state index in [-0.39, 0.29) is 18.4 Å². The van der Waals surface area contributed by atoms with Crippen LogP contribution in [0.3, 0.4) is 0 Å². The minimum Gasteiger partial charge on any atom is -0.475 e. The van der Waals surface area contributed by atoms with Crippen LogP contribution in [0.1, 0.15) is 49.1 Å². The van der Waals surface area contributed by atoms with Crippen molar-refractivity contribution < 1.29 is 41.1 Å². The molecular weight excluding hydrogens is 655 g/mol. The zero-order valence-corrected chi connectivity index (χ0v) is 27.1. The van der Waals surface area contributed by atoms with Crippen LogP contribution in [0, 0.1) is 0 Å². The number of carboxylic acids is 1. The summed E-state index contributed by atoms with van der Waals surface area (Å²) in [5.41, 5.74) is 9.18. The van der Waals surface area contributed by atoms with Crippen LogP contribution in [0.25, 0.3) is 10.9 Å². The van der Waals surface area contributed by atoms with Crippen LogP contribution >= 0.6 is 0 Å². The van der Waals surface area contributed by atoms with Crippen molar-refractivity contribution in [3.63, 3.8) is 0 Å². The summed E-state index contributed by atoms with van der Waals surface area (Å²) in [5, 5.41) is 15.0. The molecule has 3 aromatic rings. The first kappa shape index (κ1) is 35.3. The Morgan fingerprint density at radius 3 is 2.31 bits per heavy atom. The van der Waals surface area contributed by atoms with Crippen molar-refractivity contribution in [3.8, 4) is 0 Å². The largest absolute Gasteiger partial charge is 0.490 e. The number of aryl methyl sites for hydroxylation is 1. The number of urea groups is 1. The molecule has 0 aliphatic carbocycles. The van der Waals surface area contributed by atoms with Crippen LogP contribution in [0.2, 0.25) is 0 Å². The number of rotatable bonds is 6. The molecule has 13 nitrogen and oxygen atoms in total. The molecule has 3 fully saturated rings. The molecule has 0 radical (unpaired) electrons. The number of hydrogen-bond acceptors (Lipinski definition) is 8. The summed E-state index contributed by atoms with van der Waals surface area (Å²) < 4.78 is 61.5. The number of imide groups is 1. The number of benzene rings is 2. The van der Waals surface area contributed by atoms with Gasteiger partial charge < -0.3 is 10.8 Å². The van der Waals surface area contributed by atoms with E-state index in [9.17, 15) is 31.2 Å². The highest BCUT2D eigenvalue weighted by atomic mass is 32.2. The average Bonchev–Trinajstić information content (AvgIpc) is 3.36. The molecule has 0 saturated carbocycles. The van der Waals surface area contributed by atoms with Gasteiger partial charge in [0.15, 0.2) is 5.82 Å². The van der Waals surface area contributed by atoms with E-state index >= 15 is 0 Å². The Morgan fingerprint density at radius 1 is 1.02 bits per heavy atom. The highest BCUT2D eigenvalue weighted by molar-refractivity contribution is 7.89. The molecule has 3 aliphatic rings. The quantitative estimate of drug-likeness (QED) is 0.351. The lowest BCUT2D eigenvalue weighted by molar-refractivity contribution is -0.192. The third-order valence-electron chi connectivity index (χ3n) is 8.91. The smallest absolute Gasteiger partial charge is 0.475 e. The Morgan fingerprint density at radius 2 is 1.69 bits per heavy atom. The van der Waals surface area contributed by atoms with E-state index < -0.39 is 28.2 Å². The highest BCUT2D eigenvalue weighted by Gasteiger charge is 2.38. The van der Waals surface area contributed by atoms with E-state index in [1.807, 2.05) is 31.3 Å². The van der Waals surface area contributed by atoms with Gasteiger partial charge in [-0.3, -0.25) is 24.6 Å². The molecule has 0 unspecified atom stereocenters. The maximum atomic E-state index is 13.2. The van der Waals surface area contributed by atoms with Gasteiger partial charge in [0.2, 0.25) is 15.9 Å². The van der Waals surface area contributed by atoms with Crippen molar-refractivity contribution in [1.29, 1.82) is 0 Å². The number of aliphatic carboxylic acids is 1. The molecule has 0 bridgehead atoms. The Kier molecular flexibility index (Phi) is 10.4. The van der Waals surface area contributed by atoms with Crippen LogP contribution in [0.4, 0.5) is 23.8 Å². The highest BCUT2D eigenvalue weighted by Crippen LogP contribution is 2.34. The number of carbonyl (C=O) groups excluding carboxylic acids is 2. The molecule has 3 saturated heterocycles. The van der Waals surface area contributed by atoms with Gasteiger partial charge >= 0.3 is 18.2 Å². The second-order valence-corrected chi connectivity index (χ2v) is 14.2. The third-order valence-corrected chi connectivity index (χ3v) is 10.8. The number of aromatic nitrogens is 2. The van der Waals surface area contributed by atoms with E-state index in [1.54, 1.807) is 15.1 Å². The molecule has 17 heteroatoms. The van der Waals surface area contributed by atoms with Crippen LogP contribution in [0.15, 0.2) is 47.4 Å². The van der Waals surface area contributed by atoms with Gasteiger partial charge in [-0.25, -0.2) is 18.0 Å². The lowest BCUT2D eigenvalue weighted by Gasteiger charge is -2.32. The summed E-state index contributed by atoms with van der Waals surface area (Å²) >= 11 is 0. The predicted molar refractivity (Wildman–Crippen MR) is 170 cm³/mol. The molecule has 260 valence electrons. The number of nitrogens with two attached hydrogens (primary N) is 1. The zero-order chi connectivity index (χ0) is 34.8. The maximum Gasteiger partial charge on any atom is 0.490 e. The van der Waals surface area contributed by atoms with Crippen molar-refractivity contribution in [2.75, 3.05) is 37.6 Å². The number of fused-ring (bicyclic) bond motifs is 1. The third kappa shape index (κ3) is 7.97. The molecule has 2 aromatic carbocycles. The van der Waals surface area contributed by atoms with Crippen LogP contribution in [0.5, 0.6) is 0 Å². The summed E-state index contributed by atoms with van der Waals surface area (Å²) in [4.78, 5) is 37.1. The number of anilines is 1. The number of carboxylic acid groups (broad SMARTS) is 1. The number of alkyl halides is 3. The van der Waals surface area contributed by atoms with Crippen LogP contribution in [-0.2, 0) is 33.2 Å². The van der Waals surface area contributed by atoms with E-state index in [0.717, 1.165) is 42.4 Å². The van der Waals surface area contributed by atoms with Crippen molar-refractivity contribution in [2.45, 2.75) is 61.7 Å². The van der Waals surface area contributed by atoms with E-state index in [0.29, 0.717) is 55.7 Å². The lowest BCUT2D eigenvalue weighted by Crippen LogP contribution is -2.49. The molecule has 0 spiro atoms. The predicted octanol–water partition coefficient (Wildman–Crippen LogP) is 3.14. The van der Waals surface area contributed by atoms with Crippen LogP contribution < -0.4 is 16.0 Å². The maximum absolute atomic E-state index is 13.2. The summed E-state index contributed by atoms with van der Waals surface area (Å²) in [7, 11) is -1.64. The van der Waals surface area contributed by atoms with Crippen LogP contribution in [-0.4, -0.2) is 95.4 Å². The standard InChI is InChI=1S/C29H37N7O4S.C2HF3O2/c1-33-26-18-22(5-6-25(26)28(32-33)36-16-11-27(37)31-29(36)38)21-7-12-34(13-8-21)19-20-3-2-4-24(17-20)41(39,40)35-14-9-23(30)10-15-35;3-2(4,5)1(6)7/h2-6,17-18,21,23H,7-16,19,30H2,1H3,(H,31,37,38);(H,6,7). The number of nitrogens with one attached hydrogen (secondary N) is 1. The first-order chi connectivity index (χ1) is 22.6. The van der Waals surface area contributed by atoms with E-state index in [4.69, 9.17) is 15.6 Å². The van der Waals surface area contributed by atoms with Gasteiger partial charge in [0.05, 0.1) is 10.4 Å². The van der Waals surface area contributed by atoms with Gasteiger partial charge in [-0.2, -0.15) is 22.6 Å². The number of halogens is 3. The molecule has 48 heavy (non-hydrogen) atoms. The zero-order valence-electron chi connectivity index (χ0n) is 26.3. The van der Waals surface area contributed by atoms with Gasteiger partial charge in [-0.15, -0.1) is 0 Å². The van der Waals surface area contributed by atoms with E-state index in [2.05, 4.69) is 27.4 Å². The molecule has 3 amide bonds. The molecule has 4 heterocycles. The van der Waals surface area contributed by atoms with Gasteiger partial charge in [0, 0.05) is 51.1 Å². The topological polar surface area (TPSA) is 171 Å². The average molecular weight is 694 g/mol. The minimum atomic E-state index is -5.08. The SMILES string of the molecule is Cn1nc(N2CCC(=O)NC2=O)c2ccc(C3CCN(Cc4cccc(S(=O)(=O)N5CCC(N)CC5)c4)CC3)cc21.O=C(O)C(F)(F)F. The van der Waals surface area contributed by atoms with Crippen molar-refractivity contribution in [2.24, 2.45) is 12.8 Å². The second-order valence-electron chi connectivity index (χ2n) is 12.2. The van der Waals surface area contributed by atoms with Crippen molar-refractivity contribution in [1.82, 2.24) is 24.3 Å². The first-order valence-corrected chi connectivity index (χ1v) is 17.0. The number of sulfonamides is 1. The first-order valence-electron chi connectivity index (χ1n) is 15.6. The Bertz CT molecular complexity index is 1780. The monoisotopic (exact) mass is 693 g/mol. The molecule has 6 rings (SSSR count). The lowest BCUT2D eigenvalue weighted by atomic mass is 9.89. The fraction of sp³-hybridized carbons (Fsp3) is 0.484. The van der Waals surface area contributed by atoms with Gasteiger partial charge in [0.1, 0.15) is 0 Å². The Labute approximate surface area is 275 Å². The second kappa shape index (κ2) is 14.2. The summed E-state index contributed by atoms with van der Waals surface area (Å²) in [6, 6.07) is 13.3. The van der Waals surface area contributed by atoms with Crippen molar-refractivity contribution in [3.05, 3.63) is 53.6 Å². The minimum absolute atomic E-state index is 0.0788. The fourth-order valence-electron chi connectivity index (χ4n) is 6.23. The molecular formula is C31H38F3N7O6S. The van der Waals surface area contributed by atoms with Gasteiger partial charge in [-0.05, 0) is 80.1 Å². The Hall–Kier alpha value is -4.06. The summed E-state index contributed by atoms with van der Waals surface area (Å²) in [6.45, 7) is 3.82. The number of nitrogens with zero attached hydrogens (tertiary/aromatic N) is 5. The normalized spacial score (nSPS) is 19.2. The number of carbonyl (C=O) groups is 3. The molecule has 3 aliphatic heterocycles. The molecule has 0 atom stereocenters. The summed E-state index contributed by atoms with van der Waals surface area (Å²) in [6.07, 6.45) is -1.44. The number of likely N-dealkylation sites (tertiary alicyclic amines) is 1. The van der Waals surface area contributed by atoms with Gasteiger partial charge in [-0.1, -0.05) is 18.2 Å². The number of amides is 3. The molecule has 4 N–H and O–H groups in total. The number of piperidine rings is 2. The Balaban J connectivity index is 0.000000582. The van der Waals surface area contributed by atoms with Crippen molar-refractivity contribution >= 4 is 44.7 Å². The van der Waals surface area contributed by atoms with E-state index in [1.165, 1.54) is 10.5 Å². The van der Waals surface area contributed by atoms with Gasteiger partial charge in [0.25, 0.3) is 0 Å².